The summed E-state index contributed by atoms with van der Waals surface area (Å²) in [5.74, 6) is -0.219. The molecule has 4 atom stereocenters. The Morgan fingerprint density at radius 1 is 1.30 bits per heavy atom. The standard InChI is InChI=1S/C20H21Cl2N3O2/c1-11-9-18(2,3)24-20(22,27-11)19(21)16-15-13(10-25(16)17(19)26)8-12-6-4-5-7-14(12)23-15/h4-8,11,16,24H,9-10H2,1-3H3. The average molecular weight is 406 g/mol. The SMILES string of the molecule is CC1CC(C)(C)NC(Cl)(C2(Cl)C(=O)N3Cc4cc5ccccc5nc4C32)O1. The Bertz CT molecular complexity index is 981. The Hall–Kier alpha value is -1.40. The van der Waals surface area contributed by atoms with Crippen LogP contribution in [0, 0.1) is 0 Å². The molecule has 3 aliphatic heterocycles. The van der Waals surface area contributed by atoms with Gasteiger partial charge in [0.05, 0.1) is 17.3 Å². The molecule has 2 fully saturated rings. The van der Waals surface area contributed by atoms with E-state index in [1.807, 2.05) is 45.0 Å². The molecule has 0 bridgehead atoms. The Kier molecular flexibility index (Phi) is 3.50. The van der Waals surface area contributed by atoms with Gasteiger partial charge in [0, 0.05) is 17.5 Å². The van der Waals surface area contributed by atoms with Gasteiger partial charge in [-0.2, -0.15) is 0 Å². The van der Waals surface area contributed by atoms with Crippen molar-refractivity contribution in [1.29, 1.82) is 0 Å². The molecule has 1 aromatic heterocycles. The molecule has 27 heavy (non-hydrogen) atoms. The van der Waals surface area contributed by atoms with Gasteiger partial charge in [-0.25, -0.2) is 0 Å². The number of aromatic nitrogens is 1. The zero-order chi connectivity index (χ0) is 19.2. The summed E-state index contributed by atoms with van der Waals surface area (Å²) in [5.41, 5.74) is 2.40. The summed E-state index contributed by atoms with van der Waals surface area (Å²) in [6, 6.07) is 9.58. The van der Waals surface area contributed by atoms with Gasteiger partial charge in [0.25, 0.3) is 5.91 Å². The van der Waals surface area contributed by atoms with E-state index in [9.17, 15) is 4.79 Å². The number of benzene rings is 1. The average Bonchev–Trinajstić information content (AvgIpc) is 2.92. The van der Waals surface area contributed by atoms with Gasteiger partial charge in [0.2, 0.25) is 10.1 Å². The van der Waals surface area contributed by atoms with Crippen LogP contribution in [0.3, 0.4) is 0 Å². The number of hydrogen-bond donors (Lipinski definition) is 1. The van der Waals surface area contributed by atoms with Gasteiger partial charge in [0.1, 0.15) is 6.04 Å². The lowest BCUT2D eigenvalue weighted by Gasteiger charge is -2.59. The molecule has 2 saturated heterocycles. The third-order valence-corrected chi connectivity index (χ3v) is 7.04. The summed E-state index contributed by atoms with van der Waals surface area (Å²) in [4.78, 5) is 18.2. The van der Waals surface area contributed by atoms with Crippen molar-refractivity contribution in [3.63, 3.8) is 0 Å². The van der Waals surface area contributed by atoms with Gasteiger partial charge in [-0.3, -0.25) is 15.1 Å². The number of halogens is 2. The first-order valence-corrected chi connectivity index (χ1v) is 9.95. The van der Waals surface area contributed by atoms with E-state index in [2.05, 4.69) is 11.4 Å². The van der Waals surface area contributed by atoms with Gasteiger partial charge in [-0.1, -0.05) is 41.4 Å². The summed E-state index contributed by atoms with van der Waals surface area (Å²) < 4.78 is 6.04. The lowest BCUT2D eigenvalue weighted by Crippen LogP contribution is -2.79. The summed E-state index contributed by atoms with van der Waals surface area (Å²) in [5, 5.41) is 2.84. The van der Waals surface area contributed by atoms with E-state index in [0.717, 1.165) is 28.6 Å². The number of nitrogens with one attached hydrogen (secondary N) is 1. The van der Waals surface area contributed by atoms with Gasteiger partial charge in [-0.15, -0.1) is 0 Å². The maximum Gasteiger partial charge on any atom is 0.253 e. The van der Waals surface area contributed by atoms with E-state index < -0.39 is 16.1 Å². The molecule has 0 aliphatic carbocycles. The van der Waals surface area contributed by atoms with E-state index in [-0.39, 0.29) is 17.6 Å². The molecule has 0 radical (unpaired) electrons. The van der Waals surface area contributed by atoms with Crippen molar-refractivity contribution in [2.45, 2.75) is 61.5 Å². The molecule has 1 aromatic carbocycles. The first kappa shape index (κ1) is 17.7. The molecule has 3 aliphatic rings. The normalized spacial score (nSPS) is 37.1. The molecule has 0 spiro atoms. The predicted octanol–water partition coefficient (Wildman–Crippen LogP) is 3.68. The topological polar surface area (TPSA) is 54.5 Å². The van der Waals surface area contributed by atoms with E-state index in [1.54, 1.807) is 4.90 Å². The number of β-lactam (4-membered cyclic amide) rings is 1. The van der Waals surface area contributed by atoms with Crippen LogP contribution in [0.25, 0.3) is 10.9 Å². The number of rotatable bonds is 1. The number of para-hydroxylation sites is 1. The molecule has 1 N–H and O–H groups in total. The van der Waals surface area contributed by atoms with Gasteiger partial charge < -0.3 is 9.64 Å². The molecule has 4 unspecified atom stereocenters. The van der Waals surface area contributed by atoms with Crippen LogP contribution in [-0.4, -0.2) is 37.5 Å². The maximum absolute atomic E-state index is 13.1. The third-order valence-electron chi connectivity index (χ3n) is 5.83. The molecule has 1 amide bonds. The first-order chi connectivity index (χ1) is 12.6. The second-order valence-electron chi connectivity index (χ2n) is 8.51. The summed E-state index contributed by atoms with van der Waals surface area (Å²) >= 11 is 13.9. The third kappa shape index (κ3) is 2.26. The molecule has 4 heterocycles. The largest absolute Gasteiger partial charge is 0.342 e. The number of pyridine rings is 1. The van der Waals surface area contributed by atoms with Crippen molar-refractivity contribution < 1.29 is 9.53 Å². The van der Waals surface area contributed by atoms with Crippen molar-refractivity contribution >= 4 is 40.0 Å². The minimum absolute atomic E-state index is 0.123. The first-order valence-electron chi connectivity index (χ1n) is 9.19. The molecule has 5 nitrogen and oxygen atoms in total. The van der Waals surface area contributed by atoms with E-state index >= 15 is 0 Å². The Balaban J connectivity index is 1.62. The van der Waals surface area contributed by atoms with Crippen LogP contribution in [0.5, 0.6) is 0 Å². The minimum Gasteiger partial charge on any atom is -0.342 e. The highest BCUT2D eigenvalue weighted by Gasteiger charge is 2.75. The fraction of sp³-hybridized carbons (Fsp3) is 0.500. The van der Waals surface area contributed by atoms with Crippen LogP contribution >= 0.6 is 23.2 Å². The molecule has 2 aromatic rings. The van der Waals surface area contributed by atoms with Crippen LogP contribution < -0.4 is 5.32 Å². The number of carbonyl (C=O) groups excluding carboxylic acids is 1. The fourth-order valence-corrected chi connectivity index (χ4v) is 5.87. The number of fused-ring (bicyclic) bond motifs is 4. The Morgan fingerprint density at radius 3 is 2.78 bits per heavy atom. The Morgan fingerprint density at radius 2 is 2.04 bits per heavy atom. The minimum atomic E-state index is -1.50. The fourth-order valence-electron chi connectivity index (χ4n) is 4.86. The maximum atomic E-state index is 13.1. The van der Waals surface area contributed by atoms with Crippen LogP contribution in [-0.2, 0) is 16.1 Å². The van der Waals surface area contributed by atoms with Crippen molar-refractivity contribution in [3.05, 3.63) is 41.6 Å². The van der Waals surface area contributed by atoms with Gasteiger partial charge in [-0.05, 0) is 44.9 Å². The zero-order valence-corrected chi connectivity index (χ0v) is 16.9. The highest BCUT2D eigenvalue weighted by molar-refractivity contribution is 6.44. The van der Waals surface area contributed by atoms with Crippen LogP contribution in [0.2, 0.25) is 0 Å². The number of hydrogen-bond acceptors (Lipinski definition) is 4. The monoisotopic (exact) mass is 405 g/mol. The second-order valence-corrected chi connectivity index (χ2v) is 9.64. The lowest BCUT2D eigenvalue weighted by molar-refractivity contribution is -0.190. The second kappa shape index (κ2) is 5.35. The van der Waals surface area contributed by atoms with Gasteiger partial charge in [0.15, 0.2) is 0 Å². The number of nitrogens with zero attached hydrogens (tertiary/aromatic N) is 2. The summed E-state index contributed by atoms with van der Waals surface area (Å²) in [6.07, 6.45) is 0.651. The lowest BCUT2D eigenvalue weighted by atomic mass is 9.81. The summed E-state index contributed by atoms with van der Waals surface area (Å²) in [6.45, 7) is 6.53. The van der Waals surface area contributed by atoms with Crippen LogP contribution in [0.4, 0.5) is 0 Å². The van der Waals surface area contributed by atoms with Crippen molar-refractivity contribution in [2.24, 2.45) is 0 Å². The molecule has 5 rings (SSSR count). The van der Waals surface area contributed by atoms with E-state index in [1.165, 1.54) is 0 Å². The predicted molar refractivity (Wildman–Crippen MR) is 105 cm³/mol. The molecule has 0 saturated carbocycles. The molecular weight excluding hydrogens is 385 g/mol. The smallest absolute Gasteiger partial charge is 0.253 e. The zero-order valence-electron chi connectivity index (χ0n) is 15.4. The van der Waals surface area contributed by atoms with Crippen molar-refractivity contribution in [3.8, 4) is 0 Å². The van der Waals surface area contributed by atoms with Gasteiger partial charge >= 0.3 is 0 Å². The number of alkyl halides is 2. The summed E-state index contributed by atoms with van der Waals surface area (Å²) in [7, 11) is 0. The molecule has 142 valence electrons. The number of ether oxygens (including phenoxy) is 1. The Labute approximate surface area is 168 Å². The number of carbonyl (C=O) groups is 1. The van der Waals surface area contributed by atoms with Crippen molar-refractivity contribution in [1.82, 2.24) is 15.2 Å². The van der Waals surface area contributed by atoms with Crippen LogP contribution in [0.1, 0.15) is 44.5 Å². The van der Waals surface area contributed by atoms with Crippen molar-refractivity contribution in [2.75, 3.05) is 0 Å². The quantitative estimate of drug-likeness (QED) is 0.446. The highest BCUT2D eigenvalue weighted by atomic mass is 35.5. The number of amides is 1. The highest BCUT2D eigenvalue weighted by Crippen LogP contribution is 2.60. The van der Waals surface area contributed by atoms with Crippen LogP contribution in [0.15, 0.2) is 30.3 Å². The molecule has 7 heteroatoms. The molecular formula is C20H21Cl2N3O2. The van der Waals surface area contributed by atoms with E-state index in [4.69, 9.17) is 32.9 Å². The van der Waals surface area contributed by atoms with E-state index in [0.29, 0.717) is 6.54 Å².